The van der Waals surface area contributed by atoms with Crippen LogP contribution in [0.5, 0.6) is 5.75 Å². The van der Waals surface area contributed by atoms with Crippen LogP contribution in [0.3, 0.4) is 0 Å². The van der Waals surface area contributed by atoms with Crippen molar-refractivity contribution in [1.29, 1.82) is 0 Å². The Morgan fingerprint density at radius 3 is 2.79 bits per heavy atom. The topological polar surface area (TPSA) is 85.5 Å². The number of hydrogen-bond acceptors (Lipinski definition) is 5. The summed E-state index contributed by atoms with van der Waals surface area (Å²) in [5.41, 5.74) is 1.06. The first kappa shape index (κ1) is 13.1. The van der Waals surface area contributed by atoms with Crippen LogP contribution >= 0.6 is 0 Å². The molecule has 1 heterocycles. The zero-order valence-corrected chi connectivity index (χ0v) is 10.5. The van der Waals surface area contributed by atoms with Gasteiger partial charge in [-0.15, -0.1) is 10.2 Å². The van der Waals surface area contributed by atoms with E-state index in [4.69, 9.17) is 14.3 Å². The zero-order valence-electron chi connectivity index (χ0n) is 10.5. The molecule has 2 rings (SSSR count). The van der Waals surface area contributed by atoms with Gasteiger partial charge in [-0.2, -0.15) is 0 Å². The average molecular weight is 262 g/mol. The monoisotopic (exact) mass is 262 g/mol. The molecule has 1 N–H and O–H groups in total. The van der Waals surface area contributed by atoms with Crippen LogP contribution in [0, 0.1) is 6.92 Å². The summed E-state index contributed by atoms with van der Waals surface area (Å²) in [7, 11) is 0. The number of aryl methyl sites for hydroxylation is 1. The van der Waals surface area contributed by atoms with Gasteiger partial charge in [-0.25, -0.2) is 0 Å². The standard InChI is InChI=1S/C13H14N2O4/c1-9-4-2-3-5-10(9)18-7-6-11-14-15-12(19-11)8-13(16)17/h2-5H,6-8H2,1H3,(H,16,17). The van der Waals surface area contributed by atoms with Crippen LogP contribution < -0.4 is 4.74 Å². The molecular weight excluding hydrogens is 248 g/mol. The number of carboxylic acids is 1. The van der Waals surface area contributed by atoms with Crippen molar-refractivity contribution in [2.45, 2.75) is 19.8 Å². The summed E-state index contributed by atoms with van der Waals surface area (Å²) in [4.78, 5) is 10.5. The van der Waals surface area contributed by atoms with Crippen molar-refractivity contribution in [3.63, 3.8) is 0 Å². The molecular formula is C13H14N2O4. The van der Waals surface area contributed by atoms with Gasteiger partial charge < -0.3 is 14.3 Å². The second kappa shape index (κ2) is 5.99. The first-order chi connectivity index (χ1) is 9.15. The molecule has 0 bridgehead atoms. The maximum atomic E-state index is 10.5. The fraction of sp³-hybridized carbons (Fsp3) is 0.308. The highest BCUT2D eigenvalue weighted by Crippen LogP contribution is 2.16. The van der Waals surface area contributed by atoms with E-state index in [1.54, 1.807) is 0 Å². The number of para-hydroxylation sites is 1. The Morgan fingerprint density at radius 2 is 2.05 bits per heavy atom. The van der Waals surface area contributed by atoms with Crippen LogP contribution in [0.1, 0.15) is 17.3 Å². The van der Waals surface area contributed by atoms with Gasteiger partial charge in [0.25, 0.3) is 0 Å². The highest BCUT2D eigenvalue weighted by Gasteiger charge is 2.09. The number of carboxylic acid groups (broad SMARTS) is 1. The molecule has 100 valence electrons. The van der Waals surface area contributed by atoms with E-state index < -0.39 is 5.97 Å². The number of aromatic nitrogens is 2. The molecule has 1 aromatic heterocycles. The molecule has 0 amide bonds. The number of benzene rings is 1. The Balaban J connectivity index is 1.84. The molecule has 0 spiro atoms. The van der Waals surface area contributed by atoms with Crippen LogP contribution in [0.4, 0.5) is 0 Å². The molecule has 6 nitrogen and oxygen atoms in total. The number of rotatable bonds is 6. The Hall–Kier alpha value is -2.37. The Kier molecular flexibility index (Phi) is 4.12. The largest absolute Gasteiger partial charge is 0.493 e. The van der Waals surface area contributed by atoms with Crippen LogP contribution in [0.25, 0.3) is 0 Å². The van der Waals surface area contributed by atoms with Gasteiger partial charge in [0.1, 0.15) is 12.2 Å². The lowest BCUT2D eigenvalue weighted by Gasteiger charge is -2.06. The minimum atomic E-state index is -0.994. The third kappa shape index (κ3) is 3.80. The zero-order chi connectivity index (χ0) is 13.7. The molecule has 6 heteroatoms. The molecule has 0 saturated heterocycles. The predicted octanol–water partition coefficient (Wildman–Crippen LogP) is 1.63. The van der Waals surface area contributed by atoms with Gasteiger partial charge in [-0.1, -0.05) is 18.2 Å². The molecule has 0 radical (unpaired) electrons. The fourth-order valence-corrected chi connectivity index (χ4v) is 1.56. The predicted molar refractivity (Wildman–Crippen MR) is 66.0 cm³/mol. The van der Waals surface area contributed by atoms with Gasteiger partial charge in [0.05, 0.1) is 13.0 Å². The third-order valence-electron chi connectivity index (χ3n) is 2.48. The number of ether oxygens (including phenoxy) is 1. The second-order valence-electron chi connectivity index (χ2n) is 4.02. The molecule has 0 atom stereocenters. The smallest absolute Gasteiger partial charge is 0.312 e. The summed E-state index contributed by atoms with van der Waals surface area (Å²) in [6.07, 6.45) is 0.187. The first-order valence-corrected chi connectivity index (χ1v) is 5.86. The van der Waals surface area contributed by atoms with E-state index in [1.165, 1.54) is 0 Å². The minimum absolute atomic E-state index is 0.110. The lowest BCUT2D eigenvalue weighted by Crippen LogP contribution is -2.02. The summed E-state index contributed by atoms with van der Waals surface area (Å²) in [5.74, 6) is 0.308. The minimum Gasteiger partial charge on any atom is -0.493 e. The van der Waals surface area contributed by atoms with E-state index in [-0.39, 0.29) is 12.3 Å². The lowest BCUT2D eigenvalue weighted by atomic mass is 10.2. The van der Waals surface area contributed by atoms with Gasteiger partial charge in [-0.05, 0) is 18.6 Å². The van der Waals surface area contributed by atoms with Crippen LogP contribution in [0.2, 0.25) is 0 Å². The van der Waals surface area contributed by atoms with Crippen LogP contribution in [-0.2, 0) is 17.6 Å². The summed E-state index contributed by atoms with van der Waals surface area (Å²) in [5, 5.41) is 16.0. The Labute approximate surface area is 110 Å². The van der Waals surface area contributed by atoms with E-state index in [2.05, 4.69) is 10.2 Å². The quantitative estimate of drug-likeness (QED) is 0.851. The molecule has 0 saturated carbocycles. The van der Waals surface area contributed by atoms with E-state index >= 15 is 0 Å². The first-order valence-electron chi connectivity index (χ1n) is 5.86. The third-order valence-corrected chi connectivity index (χ3v) is 2.48. The molecule has 0 aliphatic carbocycles. The maximum Gasteiger partial charge on any atom is 0.312 e. The van der Waals surface area contributed by atoms with E-state index in [0.29, 0.717) is 18.9 Å². The van der Waals surface area contributed by atoms with Crippen molar-refractivity contribution in [3.05, 3.63) is 41.6 Å². The number of nitrogens with zero attached hydrogens (tertiary/aromatic N) is 2. The molecule has 0 unspecified atom stereocenters. The SMILES string of the molecule is Cc1ccccc1OCCc1nnc(CC(=O)O)o1. The van der Waals surface area contributed by atoms with Crippen molar-refractivity contribution in [2.24, 2.45) is 0 Å². The van der Waals surface area contributed by atoms with E-state index in [1.807, 2.05) is 31.2 Å². The van der Waals surface area contributed by atoms with Crippen molar-refractivity contribution in [3.8, 4) is 5.75 Å². The van der Waals surface area contributed by atoms with Crippen molar-refractivity contribution in [2.75, 3.05) is 6.61 Å². The van der Waals surface area contributed by atoms with E-state index in [9.17, 15) is 4.79 Å². The number of hydrogen-bond donors (Lipinski definition) is 1. The number of aliphatic carboxylic acids is 1. The molecule has 0 aliphatic rings. The van der Waals surface area contributed by atoms with Crippen LogP contribution in [-0.4, -0.2) is 27.9 Å². The molecule has 1 aromatic carbocycles. The average Bonchev–Trinajstić information content (AvgIpc) is 2.78. The normalized spacial score (nSPS) is 10.4. The van der Waals surface area contributed by atoms with E-state index in [0.717, 1.165) is 11.3 Å². The molecule has 2 aromatic rings. The summed E-state index contributed by atoms with van der Waals surface area (Å²) in [6.45, 7) is 2.37. The van der Waals surface area contributed by atoms with Gasteiger partial charge in [0.2, 0.25) is 11.8 Å². The molecule has 0 aliphatic heterocycles. The summed E-state index contributed by atoms with van der Waals surface area (Å²) in [6, 6.07) is 7.70. The second-order valence-corrected chi connectivity index (χ2v) is 4.02. The van der Waals surface area contributed by atoms with Gasteiger partial charge >= 0.3 is 5.97 Å². The maximum absolute atomic E-state index is 10.5. The van der Waals surface area contributed by atoms with Crippen molar-refractivity contribution in [1.82, 2.24) is 10.2 Å². The Bertz CT molecular complexity index is 565. The van der Waals surface area contributed by atoms with Crippen molar-refractivity contribution >= 4 is 5.97 Å². The molecule has 0 fully saturated rings. The lowest BCUT2D eigenvalue weighted by molar-refractivity contribution is -0.136. The van der Waals surface area contributed by atoms with Crippen molar-refractivity contribution < 1.29 is 19.1 Å². The van der Waals surface area contributed by atoms with Gasteiger partial charge in [0.15, 0.2) is 0 Å². The van der Waals surface area contributed by atoms with Gasteiger partial charge in [-0.3, -0.25) is 4.79 Å². The molecule has 19 heavy (non-hydrogen) atoms. The highest BCUT2D eigenvalue weighted by atomic mass is 16.5. The highest BCUT2D eigenvalue weighted by molar-refractivity contribution is 5.68. The van der Waals surface area contributed by atoms with Gasteiger partial charge in [0, 0.05) is 0 Å². The summed E-state index contributed by atoms with van der Waals surface area (Å²) < 4.78 is 10.8. The Morgan fingerprint density at radius 1 is 1.32 bits per heavy atom. The summed E-state index contributed by atoms with van der Waals surface area (Å²) >= 11 is 0. The van der Waals surface area contributed by atoms with Crippen LogP contribution in [0.15, 0.2) is 28.7 Å². The fourth-order valence-electron chi connectivity index (χ4n) is 1.56. The number of carbonyl (C=O) groups is 1.